The van der Waals surface area contributed by atoms with Crippen molar-refractivity contribution in [1.29, 1.82) is 0 Å². The molecule has 1 aliphatic heterocycles. The number of ketones is 1. The van der Waals surface area contributed by atoms with Gasteiger partial charge in [0.2, 0.25) is 0 Å². The number of nitrogens with zero attached hydrogens (tertiary/aromatic N) is 2. The summed E-state index contributed by atoms with van der Waals surface area (Å²) in [6.45, 7) is 9.32. The van der Waals surface area contributed by atoms with Gasteiger partial charge in [-0.25, -0.2) is 0 Å². The second kappa shape index (κ2) is 12.3. The Hall–Kier alpha value is -3.04. The maximum Gasteiger partial charge on any atom is 0.295 e. The number of methoxy groups -OCH3 is 1. The van der Waals surface area contributed by atoms with E-state index in [4.69, 9.17) is 9.47 Å². The fourth-order valence-electron chi connectivity index (χ4n) is 4.43. The Morgan fingerprint density at radius 3 is 2.44 bits per heavy atom. The number of rotatable bonds is 11. The van der Waals surface area contributed by atoms with Crippen molar-refractivity contribution in [3.05, 3.63) is 57.6 Å². The predicted molar refractivity (Wildman–Crippen MR) is 141 cm³/mol. The average Bonchev–Trinajstić information content (AvgIpc) is 3.13. The van der Waals surface area contributed by atoms with E-state index >= 15 is 0 Å². The summed E-state index contributed by atoms with van der Waals surface area (Å²) in [6, 6.07) is 8.88. The maximum absolute atomic E-state index is 13.3. The summed E-state index contributed by atoms with van der Waals surface area (Å²) in [7, 11) is 1.52. The SMILES string of the molecule is CCOc1ccc([C@@H]2C(=C(O)c3cc(Br)ccc3O)C(=O)C(=O)N2CCCN(CC)CC)cc1OC. The number of hydrogen-bond acceptors (Lipinski definition) is 7. The third-order valence-electron chi connectivity index (χ3n) is 6.32. The minimum Gasteiger partial charge on any atom is -0.507 e. The van der Waals surface area contributed by atoms with Crippen molar-refractivity contribution in [1.82, 2.24) is 9.80 Å². The number of halogens is 1. The first-order valence-corrected chi connectivity index (χ1v) is 12.9. The van der Waals surface area contributed by atoms with Crippen LogP contribution in [0.3, 0.4) is 0 Å². The Morgan fingerprint density at radius 1 is 1.08 bits per heavy atom. The van der Waals surface area contributed by atoms with Crippen LogP contribution in [-0.2, 0) is 9.59 Å². The van der Waals surface area contributed by atoms with Gasteiger partial charge < -0.3 is 29.5 Å². The van der Waals surface area contributed by atoms with Gasteiger partial charge in [-0.2, -0.15) is 0 Å². The van der Waals surface area contributed by atoms with E-state index in [1.807, 2.05) is 6.92 Å². The van der Waals surface area contributed by atoms with Crippen LogP contribution in [0.4, 0.5) is 0 Å². The van der Waals surface area contributed by atoms with Crippen LogP contribution in [0, 0.1) is 0 Å². The Labute approximate surface area is 220 Å². The molecule has 0 bridgehead atoms. The van der Waals surface area contributed by atoms with Crippen LogP contribution in [-0.4, -0.2) is 71.6 Å². The molecule has 0 radical (unpaired) electrons. The molecule has 0 aromatic heterocycles. The summed E-state index contributed by atoms with van der Waals surface area (Å²) >= 11 is 3.33. The van der Waals surface area contributed by atoms with Crippen LogP contribution in [0.1, 0.15) is 44.4 Å². The smallest absolute Gasteiger partial charge is 0.295 e. The highest BCUT2D eigenvalue weighted by Gasteiger charge is 2.46. The number of benzene rings is 2. The number of ether oxygens (including phenoxy) is 2. The van der Waals surface area contributed by atoms with E-state index in [0.717, 1.165) is 19.6 Å². The Kier molecular flexibility index (Phi) is 9.39. The summed E-state index contributed by atoms with van der Waals surface area (Å²) in [5.74, 6) is -1.14. The molecule has 9 heteroatoms. The summed E-state index contributed by atoms with van der Waals surface area (Å²) in [6.07, 6.45) is 0.654. The predicted octanol–water partition coefficient (Wildman–Crippen LogP) is 4.72. The van der Waals surface area contributed by atoms with E-state index in [9.17, 15) is 19.8 Å². The molecule has 1 atom stereocenters. The first-order valence-electron chi connectivity index (χ1n) is 12.1. The molecule has 8 nitrogen and oxygen atoms in total. The van der Waals surface area contributed by atoms with Crippen molar-refractivity contribution in [2.45, 2.75) is 33.2 Å². The maximum atomic E-state index is 13.3. The molecule has 1 fully saturated rings. The van der Waals surface area contributed by atoms with Crippen molar-refractivity contribution in [2.24, 2.45) is 0 Å². The van der Waals surface area contributed by atoms with E-state index in [0.29, 0.717) is 41.1 Å². The van der Waals surface area contributed by atoms with Crippen LogP contribution >= 0.6 is 15.9 Å². The third-order valence-corrected chi connectivity index (χ3v) is 6.82. The van der Waals surface area contributed by atoms with Crippen molar-refractivity contribution < 1.29 is 29.3 Å². The number of phenols is 1. The molecule has 194 valence electrons. The number of carbonyl (C=O) groups excluding carboxylic acids is 2. The van der Waals surface area contributed by atoms with E-state index in [1.54, 1.807) is 24.3 Å². The Bertz CT molecular complexity index is 1150. The highest BCUT2D eigenvalue weighted by Crippen LogP contribution is 2.43. The van der Waals surface area contributed by atoms with Gasteiger partial charge >= 0.3 is 0 Å². The molecule has 2 aromatic rings. The van der Waals surface area contributed by atoms with Gasteiger partial charge in [0.25, 0.3) is 11.7 Å². The number of Topliss-reactive ketones (excluding diaryl/α,β-unsaturated/α-hetero) is 1. The summed E-state index contributed by atoms with van der Waals surface area (Å²) in [5, 5.41) is 21.7. The summed E-state index contributed by atoms with van der Waals surface area (Å²) in [4.78, 5) is 30.2. The second-order valence-corrected chi connectivity index (χ2v) is 9.29. The quantitative estimate of drug-likeness (QED) is 0.233. The van der Waals surface area contributed by atoms with Crippen LogP contribution < -0.4 is 9.47 Å². The van der Waals surface area contributed by atoms with Gasteiger partial charge in [0, 0.05) is 11.0 Å². The molecule has 36 heavy (non-hydrogen) atoms. The van der Waals surface area contributed by atoms with Crippen molar-refractivity contribution in [3.63, 3.8) is 0 Å². The number of aromatic hydroxyl groups is 1. The fourth-order valence-corrected chi connectivity index (χ4v) is 4.79. The number of carbonyl (C=O) groups is 2. The molecule has 2 N–H and O–H groups in total. The molecule has 1 amide bonds. The molecule has 0 unspecified atom stereocenters. The standard InChI is InChI=1S/C27H33BrN2O6/c1-5-29(6-2)13-8-14-30-24(17-9-12-21(36-7-3)22(15-17)35-4)23(26(33)27(30)34)25(32)19-16-18(28)10-11-20(19)31/h9-12,15-16,24,31-32H,5-8,13-14H2,1-4H3/t24-/m1/s1. The molecule has 0 saturated carbocycles. The molecule has 3 rings (SSSR count). The molecule has 1 aliphatic rings. The molecule has 2 aromatic carbocycles. The lowest BCUT2D eigenvalue weighted by atomic mass is 9.94. The van der Waals surface area contributed by atoms with Crippen LogP contribution in [0.5, 0.6) is 17.2 Å². The van der Waals surface area contributed by atoms with Gasteiger partial charge in [0.1, 0.15) is 11.5 Å². The lowest BCUT2D eigenvalue weighted by molar-refractivity contribution is -0.140. The van der Waals surface area contributed by atoms with Crippen molar-refractivity contribution >= 4 is 33.4 Å². The summed E-state index contributed by atoms with van der Waals surface area (Å²) < 4.78 is 11.7. The number of likely N-dealkylation sites (tertiary alicyclic amines) is 1. The first-order chi connectivity index (χ1) is 17.3. The highest BCUT2D eigenvalue weighted by atomic mass is 79.9. The number of aliphatic hydroxyl groups excluding tert-OH is 1. The molecule has 0 aliphatic carbocycles. The van der Waals surface area contributed by atoms with Gasteiger partial charge in [0.15, 0.2) is 11.5 Å². The summed E-state index contributed by atoms with van der Waals surface area (Å²) in [5.41, 5.74) is 0.573. The molecular formula is C27H33BrN2O6. The van der Waals surface area contributed by atoms with Gasteiger partial charge in [-0.3, -0.25) is 9.59 Å². The second-order valence-electron chi connectivity index (χ2n) is 8.38. The number of aliphatic hydroxyl groups is 1. The van der Waals surface area contributed by atoms with E-state index in [2.05, 4.69) is 34.7 Å². The van der Waals surface area contributed by atoms with Gasteiger partial charge in [-0.05, 0) is 68.9 Å². The first kappa shape index (κ1) is 27.5. The van der Waals surface area contributed by atoms with Crippen LogP contribution in [0.2, 0.25) is 0 Å². The minimum atomic E-state index is -0.857. The molecular weight excluding hydrogens is 528 g/mol. The van der Waals surface area contributed by atoms with Gasteiger partial charge in [-0.15, -0.1) is 0 Å². The lowest BCUT2D eigenvalue weighted by Gasteiger charge is -2.27. The Balaban J connectivity index is 2.13. The molecule has 1 heterocycles. The zero-order valence-corrected chi connectivity index (χ0v) is 22.7. The van der Waals surface area contributed by atoms with Gasteiger partial charge in [0.05, 0.1) is 30.9 Å². The average molecular weight is 561 g/mol. The van der Waals surface area contributed by atoms with E-state index in [1.165, 1.54) is 24.1 Å². The lowest BCUT2D eigenvalue weighted by Crippen LogP contribution is -2.33. The highest BCUT2D eigenvalue weighted by molar-refractivity contribution is 9.10. The molecule has 0 spiro atoms. The fraction of sp³-hybridized carbons (Fsp3) is 0.407. The minimum absolute atomic E-state index is 0.0633. The van der Waals surface area contributed by atoms with Crippen LogP contribution in [0.25, 0.3) is 5.76 Å². The largest absolute Gasteiger partial charge is 0.507 e. The van der Waals surface area contributed by atoms with Gasteiger partial charge in [-0.1, -0.05) is 35.8 Å². The Morgan fingerprint density at radius 2 is 1.81 bits per heavy atom. The normalized spacial score (nSPS) is 17.2. The van der Waals surface area contributed by atoms with E-state index in [-0.39, 0.29) is 16.9 Å². The zero-order valence-electron chi connectivity index (χ0n) is 21.1. The van der Waals surface area contributed by atoms with E-state index < -0.39 is 23.5 Å². The molecule has 1 saturated heterocycles. The third kappa shape index (κ3) is 5.68. The number of amides is 1. The number of hydrogen-bond donors (Lipinski definition) is 2. The monoisotopic (exact) mass is 560 g/mol. The van der Waals surface area contributed by atoms with Crippen LogP contribution in [0.15, 0.2) is 46.4 Å². The number of phenolic OH excluding ortho intramolecular Hbond substituents is 1. The van der Waals surface area contributed by atoms with Crippen molar-refractivity contribution in [2.75, 3.05) is 39.9 Å². The van der Waals surface area contributed by atoms with Crippen molar-refractivity contribution in [3.8, 4) is 17.2 Å². The topological polar surface area (TPSA) is 99.5 Å². The zero-order chi connectivity index (χ0) is 26.4.